The molecule has 1 aliphatic rings. The number of hydrogen-bond donors (Lipinski definition) is 1. The van der Waals surface area contributed by atoms with Crippen LogP contribution in [0, 0.1) is 0 Å². The fraction of sp³-hybridized carbons (Fsp3) is 0.278. The van der Waals surface area contributed by atoms with Gasteiger partial charge in [-0.3, -0.25) is 4.79 Å². The van der Waals surface area contributed by atoms with Crippen LogP contribution in [0.1, 0.15) is 17.5 Å². The van der Waals surface area contributed by atoms with Gasteiger partial charge in [-0.25, -0.2) is 0 Å². The first-order valence-corrected chi connectivity index (χ1v) is 7.49. The van der Waals surface area contributed by atoms with Gasteiger partial charge in [0.25, 0.3) is 0 Å². The molecule has 2 aromatic carbocycles. The van der Waals surface area contributed by atoms with E-state index in [1.165, 1.54) is 5.56 Å². The predicted molar refractivity (Wildman–Crippen MR) is 95.5 cm³/mol. The van der Waals surface area contributed by atoms with Crippen molar-refractivity contribution in [3.63, 3.8) is 0 Å². The second-order valence-electron chi connectivity index (χ2n) is 5.49. The van der Waals surface area contributed by atoms with Gasteiger partial charge >= 0.3 is 0 Å². The van der Waals surface area contributed by atoms with Crippen molar-refractivity contribution in [2.75, 3.05) is 24.3 Å². The second-order valence-corrected chi connectivity index (χ2v) is 5.49. The van der Waals surface area contributed by atoms with Crippen LogP contribution >= 0.6 is 12.4 Å². The van der Waals surface area contributed by atoms with Crippen LogP contribution in [0.4, 0.5) is 11.4 Å². The molecule has 0 saturated carbocycles. The maximum Gasteiger partial charge on any atom is 0.227 e. The molecule has 0 unspecified atom stereocenters. The van der Waals surface area contributed by atoms with Crippen LogP contribution in [-0.4, -0.2) is 19.6 Å². The minimum absolute atomic E-state index is 0. The first kappa shape index (κ1) is 17.2. The molecule has 5 heteroatoms. The molecular formula is C18H21ClN2O2. The van der Waals surface area contributed by atoms with E-state index in [1.54, 1.807) is 7.11 Å². The number of aryl methyl sites for hydroxylation is 1. The number of fused-ring (bicyclic) bond motifs is 1. The van der Waals surface area contributed by atoms with Crippen molar-refractivity contribution in [3.8, 4) is 5.75 Å². The molecule has 1 amide bonds. The van der Waals surface area contributed by atoms with E-state index in [1.807, 2.05) is 47.4 Å². The highest BCUT2D eigenvalue weighted by atomic mass is 35.5. The molecule has 1 aliphatic heterocycles. The number of carbonyl (C=O) groups is 1. The summed E-state index contributed by atoms with van der Waals surface area (Å²) in [5.41, 5.74) is 9.89. The Morgan fingerprint density at radius 2 is 2.04 bits per heavy atom. The molecule has 0 radical (unpaired) electrons. The summed E-state index contributed by atoms with van der Waals surface area (Å²) in [5, 5.41) is 0. The average Bonchev–Trinajstić information content (AvgIpc) is 2.96. The SMILES string of the molecule is COc1ccc2c(c1)CCN2C(=O)CCc1ccccc1N.Cl. The molecule has 3 rings (SSSR count). The Balaban J connectivity index is 0.00000192. The molecule has 0 bridgehead atoms. The fourth-order valence-electron chi connectivity index (χ4n) is 2.90. The molecule has 23 heavy (non-hydrogen) atoms. The Morgan fingerprint density at radius 1 is 1.26 bits per heavy atom. The van der Waals surface area contributed by atoms with Crippen LogP contribution in [0.2, 0.25) is 0 Å². The number of ether oxygens (including phenoxy) is 1. The van der Waals surface area contributed by atoms with Crippen molar-refractivity contribution in [2.24, 2.45) is 0 Å². The Labute approximate surface area is 142 Å². The van der Waals surface area contributed by atoms with Gasteiger partial charge in [0.15, 0.2) is 0 Å². The molecule has 4 nitrogen and oxygen atoms in total. The van der Waals surface area contributed by atoms with Gasteiger partial charge in [0.05, 0.1) is 7.11 Å². The zero-order chi connectivity index (χ0) is 15.5. The number of nitrogens with two attached hydrogens (primary N) is 1. The number of rotatable bonds is 4. The van der Waals surface area contributed by atoms with Crippen LogP contribution in [0.25, 0.3) is 0 Å². The third-order valence-electron chi connectivity index (χ3n) is 4.15. The van der Waals surface area contributed by atoms with Crippen LogP contribution in [0.3, 0.4) is 0 Å². The van der Waals surface area contributed by atoms with E-state index in [2.05, 4.69) is 0 Å². The molecule has 1 heterocycles. The zero-order valence-corrected chi connectivity index (χ0v) is 13.9. The Morgan fingerprint density at radius 3 is 2.78 bits per heavy atom. The summed E-state index contributed by atoms with van der Waals surface area (Å²) < 4.78 is 5.24. The number of para-hydroxylation sites is 1. The summed E-state index contributed by atoms with van der Waals surface area (Å²) in [6.07, 6.45) is 2.03. The Kier molecular flexibility index (Phi) is 5.50. The maximum absolute atomic E-state index is 12.5. The van der Waals surface area contributed by atoms with Crippen molar-refractivity contribution in [1.29, 1.82) is 0 Å². The molecular weight excluding hydrogens is 312 g/mol. The molecule has 0 atom stereocenters. The highest BCUT2D eigenvalue weighted by Gasteiger charge is 2.24. The van der Waals surface area contributed by atoms with Crippen molar-refractivity contribution in [2.45, 2.75) is 19.3 Å². The van der Waals surface area contributed by atoms with Gasteiger partial charge in [-0.15, -0.1) is 12.4 Å². The summed E-state index contributed by atoms with van der Waals surface area (Å²) in [6, 6.07) is 13.6. The van der Waals surface area contributed by atoms with E-state index in [9.17, 15) is 4.79 Å². The van der Waals surface area contributed by atoms with Gasteiger partial charge in [0.2, 0.25) is 5.91 Å². The second kappa shape index (κ2) is 7.38. The van der Waals surface area contributed by atoms with Gasteiger partial charge in [-0.05, 0) is 48.2 Å². The van der Waals surface area contributed by atoms with Gasteiger partial charge in [0, 0.05) is 24.3 Å². The fourth-order valence-corrected chi connectivity index (χ4v) is 2.90. The number of nitrogen functional groups attached to an aromatic ring is 1. The minimum Gasteiger partial charge on any atom is -0.497 e. The Hall–Kier alpha value is -2.20. The highest BCUT2D eigenvalue weighted by molar-refractivity contribution is 5.95. The summed E-state index contributed by atoms with van der Waals surface area (Å²) in [5.74, 6) is 0.984. The number of amides is 1. The molecule has 2 aromatic rings. The molecule has 0 aromatic heterocycles. The van der Waals surface area contributed by atoms with E-state index in [-0.39, 0.29) is 18.3 Å². The Bertz CT molecular complexity index is 703. The molecule has 0 fully saturated rings. The van der Waals surface area contributed by atoms with Crippen LogP contribution in [-0.2, 0) is 17.6 Å². The molecule has 0 aliphatic carbocycles. The number of halogens is 1. The van der Waals surface area contributed by atoms with Crippen LogP contribution in [0.5, 0.6) is 5.75 Å². The predicted octanol–water partition coefficient (Wildman–Crippen LogP) is 3.22. The number of benzene rings is 2. The summed E-state index contributed by atoms with van der Waals surface area (Å²) in [4.78, 5) is 14.4. The topological polar surface area (TPSA) is 55.6 Å². The summed E-state index contributed by atoms with van der Waals surface area (Å²) in [6.45, 7) is 0.742. The summed E-state index contributed by atoms with van der Waals surface area (Å²) >= 11 is 0. The lowest BCUT2D eigenvalue weighted by molar-refractivity contribution is -0.118. The van der Waals surface area contributed by atoms with E-state index >= 15 is 0 Å². The van der Waals surface area contributed by atoms with Gasteiger partial charge in [-0.1, -0.05) is 18.2 Å². The van der Waals surface area contributed by atoms with Gasteiger partial charge in [0.1, 0.15) is 5.75 Å². The van der Waals surface area contributed by atoms with Crippen molar-refractivity contribution in [1.82, 2.24) is 0 Å². The van der Waals surface area contributed by atoms with E-state index in [0.717, 1.165) is 35.7 Å². The maximum atomic E-state index is 12.5. The number of nitrogens with zero attached hydrogens (tertiary/aromatic N) is 1. The third kappa shape index (κ3) is 3.59. The standard InChI is InChI=1S/C18H20N2O2.ClH/c1-22-15-7-8-17-14(12-15)10-11-20(17)18(21)9-6-13-4-2-3-5-16(13)19;/h2-5,7-8,12H,6,9-11,19H2,1H3;1H. The van der Waals surface area contributed by atoms with Gasteiger partial charge in [-0.2, -0.15) is 0 Å². The first-order chi connectivity index (χ1) is 10.7. The molecule has 0 saturated heterocycles. The first-order valence-electron chi connectivity index (χ1n) is 7.49. The van der Waals surface area contributed by atoms with Crippen molar-refractivity contribution < 1.29 is 9.53 Å². The number of carbonyl (C=O) groups excluding carboxylic acids is 1. The monoisotopic (exact) mass is 332 g/mol. The number of hydrogen-bond acceptors (Lipinski definition) is 3. The number of methoxy groups -OCH3 is 1. The van der Waals surface area contributed by atoms with Crippen LogP contribution in [0.15, 0.2) is 42.5 Å². The quantitative estimate of drug-likeness (QED) is 0.875. The normalized spacial score (nSPS) is 12.5. The van der Waals surface area contributed by atoms with Gasteiger partial charge < -0.3 is 15.4 Å². The zero-order valence-electron chi connectivity index (χ0n) is 13.1. The van der Waals surface area contributed by atoms with Crippen LogP contribution < -0.4 is 15.4 Å². The summed E-state index contributed by atoms with van der Waals surface area (Å²) in [7, 11) is 1.66. The lowest BCUT2D eigenvalue weighted by atomic mass is 10.1. The van der Waals surface area contributed by atoms with E-state index < -0.39 is 0 Å². The van der Waals surface area contributed by atoms with E-state index in [0.29, 0.717) is 12.8 Å². The molecule has 122 valence electrons. The minimum atomic E-state index is 0. The smallest absolute Gasteiger partial charge is 0.227 e. The average molecular weight is 333 g/mol. The largest absolute Gasteiger partial charge is 0.497 e. The lowest BCUT2D eigenvalue weighted by Crippen LogP contribution is -2.29. The lowest BCUT2D eigenvalue weighted by Gasteiger charge is -2.18. The third-order valence-corrected chi connectivity index (χ3v) is 4.15. The van der Waals surface area contributed by atoms with Crippen molar-refractivity contribution >= 4 is 29.7 Å². The van der Waals surface area contributed by atoms with E-state index in [4.69, 9.17) is 10.5 Å². The highest BCUT2D eigenvalue weighted by Crippen LogP contribution is 2.31. The molecule has 2 N–H and O–H groups in total. The number of anilines is 2. The molecule has 0 spiro atoms. The van der Waals surface area contributed by atoms with Crippen molar-refractivity contribution in [3.05, 3.63) is 53.6 Å².